The van der Waals surface area contributed by atoms with Gasteiger partial charge in [0, 0.05) is 12.6 Å². The Kier molecular flexibility index (Phi) is 6.25. The van der Waals surface area contributed by atoms with Crippen LogP contribution in [0.15, 0.2) is 24.3 Å². The van der Waals surface area contributed by atoms with Crippen LogP contribution in [0.3, 0.4) is 0 Å². The largest absolute Gasteiger partial charge is 0.387 e. The summed E-state index contributed by atoms with van der Waals surface area (Å²) >= 11 is 0. The lowest BCUT2D eigenvalue weighted by Gasteiger charge is -2.32. The topological polar surface area (TPSA) is 32.3 Å². The third-order valence-electron chi connectivity index (χ3n) is 4.99. The summed E-state index contributed by atoms with van der Waals surface area (Å²) in [4.78, 5) is 0. The van der Waals surface area contributed by atoms with Crippen LogP contribution in [0.25, 0.3) is 0 Å². The van der Waals surface area contributed by atoms with Crippen LogP contribution in [0, 0.1) is 5.92 Å². The van der Waals surface area contributed by atoms with E-state index in [1.165, 1.54) is 37.7 Å². The van der Waals surface area contributed by atoms with Crippen molar-refractivity contribution in [1.82, 2.24) is 5.32 Å². The van der Waals surface area contributed by atoms with Crippen molar-refractivity contribution in [2.75, 3.05) is 6.54 Å². The molecule has 1 aliphatic rings. The monoisotopic (exact) mass is 289 g/mol. The van der Waals surface area contributed by atoms with Crippen LogP contribution in [-0.2, 0) is 0 Å². The van der Waals surface area contributed by atoms with Crippen LogP contribution in [0.1, 0.15) is 76.0 Å². The zero-order chi connectivity index (χ0) is 15.2. The van der Waals surface area contributed by atoms with Crippen molar-refractivity contribution in [2.24, 2.45) is 5.92 Å². The van der Waals surface area contributed by atoms with Gasteiger partial charge in [-0.25, -0.2) is 0 Å². The van der Waals surface area contributed by atoms with Crippen LogP contribution in [-0.4, -0.2) is 17.7 Å². The van der Waals surface area contributed by atoms with Crippen molar-refractivity contribution in [1.29, 1.82) is 0 Å². The third kappa shape index (κ3) is 4.55. The Balaban J connectivity index is 1.87. The zero-order valence-electron chi connectivity index (χ0n) is 13.8. The molecule has 21 heavy (non-hydrogen) atoms. The van der Waals surface area contributed by atoms with Gasteiger partial charge in [-0.3, -0.25) is 0 Å². The first-order chi connectivity index (χ1) is 10.1. The maximum atomic E-state index is 10.4. The summed E-state index contributed by atoms with van der Waals surface area (Å²) in [5.41, 5.74) is 2.35. The third-order valence-corrected chi connectivity index (χ3v) is 4.99. The molecule has 2 N–H and O–H groups in total. The summed E-state index contributed by atoms with van der Waals surface area (Å²) in [6, 6.07) is 9.00. The van der Waals surface area contributed by atoms with Crippen molar-refractivity contribution < 1.29 is 5.11 Å². The highest BCUT2D eigenvalue weighted by Crippen LogP contribution is 2.27. The predicted molar refractivity (Wildman–Crippen MR) is 89.5 cm³/mol. The normalized spacial score (nSPS) is 24.2. The van der Waals surface area contributed by atoms with E-state index in [0.29, 0.717) is 18.5 Å². The highest BCUT2D eigenvalue weighted by molar-refractivity contribution is 5.26. The van der Waals surface area contributed by atoms with Crippen LogP contribution < -0.4 is 5.32 Å². The fourth-order valence-corrected chi connectivity index (χ4v) is 3.45. The van der Waals surface area contributed by atoms with Crippen molar-refractivity contribution in [2.45, 2.75) is 70.9 Å². The Hall–Kier alpha value is -0.860. The van der Waals surface area contributed by atoms with Crippen molar-refractivity contribution >= 4 is 0 Å². The lowest BCUT2D eigenvalue weighted by Crippen LogP contribution is -2.40. The Morgan fingerprint density at radius 1 is 1.10 bits per heavy atom. The lowest BCUT2D eigenvalue weighted by atomic mass is 9.83. The van der Waals surface area contributed by atoms with Gasteiger partial charge >= 0.3 is 0 Å². The van der Waals surface area contributed by atoms with E-state index in [4.69, 9.17) is 0 Å². The average molecular weight is 289 g/mol. The van der Waals surface area contributed by atoms with E-state index in [0.717, 1.165) is 11.5 Å². The van der Waals surface area contributed by atoms with Gasteiger partial charge in [-0.05, 0) is 35.8 Å². The van der Waals surface area contributed by atoms with Gasteiger partial charge in [-0.2, -0.15) is 0 Å². The second-order valence-electron chi connectivity index (χ2n) is 6.80. The first-order valence-electron chi connectivity index (χ1n) is 8.63. The molecule has 0 bridgehead atoms. The van der Waals surface area contributed by atoms with E-state index < -0.39 is 6.10 Å². The van der Waals surface area contributed by atoms with E-state index in [2.05, 4.69) is 50.4 Å². The van der Waals surface area contributed by atoms with Crippen LogP contribution in [0.4, 0.5) is 0 Å². The Labute approximate surface area is 130 Å². The molecule has 0 radical (unpaired) electrons. The number of nitrogens with one attached hydrogen (secondary N) is 1. The highest BCUT2D eigenvalue weighted by Gasteiger charge is 2.23. The van der Waals surface area contributed by atoms with E-state index in [1.807, 2.05) is 0 Å². The molecule has 118 valence electrons. The summed E-state index contributed by atoms with van der Waals surface area (Å²) in [6.07, 6.45) is 6.15. The predicted octanol–water partition coefficient (Wildman–Crippen LogP) is 4.40. The summed E-state index contributed by atoms with van der Waals surface area (Å²) in [6.45, 7) is 7.34. The molecule has 1 aromatic carbocycles. The first-order valence-corrected chi connectivity index (χ1v) is 8.63. The number of benzene rings is 1. The zero-order valence-corrected chi connectivity index (χ0v) is 13.8. The maximum Gasteiger partial charge on any atom is 0.0914 e. The second kappa shape index (κ2) is 7.95. The van der Waals surface area contributed by atoms with Gasteiger partial charge in [0.05, 0.1) is 6.10 Å². The van der Waals surface area contributed by atoms with Crippen LogP contribution in [0.2, 0.25) is 0 Å². The minimum absolute atomic E-state index is 0.398. The lowest BCUT2D eigenvalue weighted by molar-refractivity contribution is 0.154. The molecule has 1 saturated carbocycles. The van der Waals surface area contributed by atoms with Gasteiger partial charge in [0.15, 0.2) is 0 Å². The molecule has 3 atom stereocenters. The fourth-order valence-electron chi connectivity index (χ4n) is 3.45. The molecule has 0 spiro atoms. The molecule has 0 heterocycles. The molecular formula is C19H31NO. The molecule has 3 unspecified atom stereocenters. The van der Waals surface area contributed by atoms with Gasteiger partial charge in [-0.15, -0.1) is 0 Å². The minimum Gasteiger partial charge on any atom is -0.387 e. The molecule has 1 aliphatic carbocycles. The average Bonchev–Trinajstić information content (AvgIpc) is 2.52. The molecule has 2 rings (SSSR count). The Bertz CT molecular complexity index is 412. The van der Waals surface area contributed by atoms with E-state index >= 15 is 0 Å². The Morgan fingerprint density at radius 2 is 1.71 bits per heavy atom. The van der Waals surface area contributed by atoms with Gasteiger partial charge in [0.1, 0.15) is 0 Å². The second-order valence-corrected chi connectivity index (χ2v) is 6.80. The van der Waals surface area contributed by atoms with Gasteiger partial charge in [0.2, 0.25) is 0 Å². The van der Waals surface area contributed by atoms with E-state index in [-0.39, 0.29) is 0 Å². The number of hydrogen-bond donors (Lipinski definition) is 2. The fraction of sp³-hybridized carbons (Fsp3) is 0.684. The molecular weight excluding hydrogens is 258 g/mol. The Morgan fingerprint density at radius 3 is 2.33 bits per heavy atom. The molecule has 0 aliphatic heterocycles. The van der Waals surface area contributed by atoms with E-state index in [9.17, 15) is 5.11 Å². The summed E-state index contributed by atoms with van der Waals surface area (Å²) in [5.74, 6) is 1.33. The first kappa shape index (κ1) is 16.5. The molecule has 1 fully saturated rings. The summed E-state index contributed by atoms with van der Waals surface area (Å²) < 4.78 is 0. The highest BCUT2D eigenvalue weighted by atomic mass is 16.3. The van der Waals surface area contributed by atoms with Gasteiger partial charge in [-0.1, -0.05) is 64.3 Å². The number of hydrogen-bond acceptors (Lipinski definition) is 2. The quantitative estimate of drug-likeness (QED) is 0.813. The van der Waals surface area contributed by atoms with Crippen molar-refractivity contribution in [3.63, 3.8) is 0 Å². The van der Waals surface area contributed by atoms with Crippen LogP contribution in [0.5, 0.6) is 0 Å². The molecule has 0 saturated heterocycles. The molecule has 0 aromatic heterocycles. The van der Waals surface area contributed by atoms with E-state index in [1.54, 1.807) is 0 Å². The number of aliphatic hydroxyl groups is 1. The summed E-state index contributed by atoms with van der Waals surface area (Å²) in [5, 5.41) is 14.0. The number of rotatable bonds is 6. The SMILES string of the molecule is CCC1CCCCC1NCC(O)c1ccc(C(C)C)cc1. The maximum absolute atomic E-state index is 10.4. The number of aliphatic hydroxyl groups excluding tert-OH is 1. The molecule has 0 amide bonds. The summed E-state index contributed by atoms with van der Waals surface area (Å²) in [7, 11) is 0. The van der Waals surface area contributed by atoms with Crippen molar-refractivity contribution in [3.8, 4) is 0 Å². The van der Waals surface area contributed by atoms with Crippen LogP contribution >= 0.6 is 0 Å². The smallest absolute Gasteiger partial charge is 0.0914 e. The minimum atomic E-state index is -0.398. The molecule has 1 aromatic rings. The standard InChI is InChI=1S/C19H31NO/c1-4-15-7-5-6-8-18(15)20-13-19(21)17-11-9-16(10-12-17)14(2)3/h9-12,14-15,18-21H,4-8,13H2,1-3H3. The molecule has 2 heteroatoms. The van der Waals surface area contributed by atoms with Gasteiger partial charge < -0.3 is 10.4 Å². The van der Waals surface area contributed by atoms with Gasteiger partial charge in [0.25, 0.3) is 0 Å². The molecule has 2 nitrogen and oxygen atoms in total. The van der Waals surface area contributed by atoms with Crippen molar-refractivity contribution in [3.05, 3.63) is 35.4 Å².